The number of hydrogen-bond donors (Lipinski definition) is 6. The molecule has 1 aromatic carbocycles. The zero-order valence-corrected chi connectivity index (χ0v) is 16.4. The lowest BCUT2D eigenvalue weighted by atomic mass is 9.97. The number of nitro groups is 1. The lowest BCUT2D eigenvalue weighted by Crippen LogP contribution is -2.64. The van der Waals surface area contributed by atoms with E-state index in [1.54, 1.807) is 0 Å². The monoisotopic (exact) mass is 447 g/mol. The molecule has 2 saturated heterocycles. The number of non-ortho nitro benzene ring substituents is 1. The van der Waals surface area contributed by atoms with Crippen molar-refractivity contribution in [1.29, 1.82) is 0 Å². The van der Waals surface area contributed by atoms with Crippen LogP contribution >= 0.6 is 0 Å². The van der Waals surface area contributed by atoms with Crippen LogP contribution in [0.4, 0.5) is 5.69 Å². The first-order valence-electron chi connectivity index (χ1n) is 9.52. The summed E-state index contributed by atoms with van der Waals surface area (Å²) >= 11 is 0. The van der Waals surface area contributed by atoms with Crippen molar-refractivity contribution in [2.45, 2.75) is 68.3 Å². The summed E-state index contributed by atoms with van der Waals surface area (Å²) in [6, 6.07) is 4.91. The summed E-state index contributed by atoms with van der Waals surface area (Å²) in [5, 5.41) is 71.1. The molecule has 31 heavy (non-hydrogen) atoms. The van der Waals surface area contributed by atoms with E-state index in [0.717, 1.165) is 0 Å². The van der Waals surface area contributed by atoms with Gasteiger partial charge in [0.1, 0.15) is 48.5 Å². The fraction of sp³-hybridized carbons (Fsp3) is 0.667. The van der Waals surface area contributed by atoms with Gasteiger partial charge in [0.15, 0.2) is 6.29 Å². The van der Waals surface area contributed by atoms with Crippen LogP contribution in [0.25, 0.3) is 0 Å². The third-order valence-corrected chi connectivity index (χ3v) is 5.22. The van der Waals surface area contributed by atoms with Gasteiger partial charge >= 0.3 is 0 Å². The summed E-state index contributed by atoms with van der Waals surface area (Å²) in [6.07, 6.45) is -14.4. The largest absolute Gasteiger partial charge is 0.462 e. The molecule has 0 aliphatic carbocycles. The quantitative estimate of drug-likeness (QED) is 0.200. The van der Waals surface area contributed by atoms with Crippen LogP contribution in [0.5, 0.6) is 5.75 Å². The second-order valence-electron chi connectivity index (χ2n) is 7.36. The average Bonchev–Trinajstić information content (AvgIpc) is 2.75. The van der Waals surface area contributed by atoms with Crippen LogP contribution in [-0.4, -0.2) is 104 Å². The van der Waals surface area contributed by atoms with Crippen molar-refractivity contribution in [3.63, 3.8) is 0 Å². The van der Waals surface area contributed by atoms with Crippen molar-refractivity contribution in [2.75, 3.05) is 6.61 Å². The lowest BCUT2D eigenvalue weighted by Gasteiger charge is -2.45. The second-order valence-corrected chi connectivity index (χ2v) is 7.36. The number of aliphatic hydroxyl groups is 6. The van der Waals surface area contributed by atoms with Gasteiger partial charge in [-0.3, -0.25) is 10.1 Å². The van der Waals surface area contributed by atoms with Crippen LogP contribution in [0.3, 0.4) is 0 Å². The van der Waals surface area contributed by atoms with E-state index in [9.17, 15) is 40.8 Å². The summed E-state index contributed by atoms with van der Waals surface area (Å²) in [5.74, 6) is 0.106. The Morgan fingerprint density at radius 1 is 0.935 bits per heavy atom. The van der Waals surface area contributed by atoms with Gasteiger partial charge in [-0.15, -0.1) is 0 Å². The van der Waals surface area contributed by atoms with E-state index in [1.165, 1.54) is 31.2 Å². The smallest absolute Gasteiger partial charge is 0.269 e. The zero-order valence-electron chi connectivity index (χ0n) is 16.4. The van der Waals surface area contributed by atoms with Crippen molar-refractivity contribution in [2.24, 2.45) is 0 Å². The predicted octanol–water partition coefficient (Wildman–Crippen LogP) is -2.37. The number of nitro benzene ring substituents is 1. The van der Waals surface area contributed by atoms with Crippen molar-refractivity contribution in [3.8, 4) is 5.75 Å². The first-order valence-corrected chi connectivity index (χ1v) is 9.52. The zero-order chi connectivity index (χ0) is 22.9. The molecule has 2 fully saturated rings. The van der Waals surface area contributed by atoms with Crippen LogP contribution in [-0.2, 0) is 14.2 Å². The number of aliphatic hydroxyl groups excluding tert-OH is 6. The van der Waals surface area contributed by atoms with Crippen molar-refractivity contribution in [1.82, 2.24) is 0 Å². The molecule has 0 unspecified atom stereocenters. The summed E-state index contributed by atoms with van der Waals surface area (Å²) in [6.45, 7) is 0.772. The van der Waals surface area contributed by atoms with Crippen LogP contribution in [0.15, 0.2) is 24.3 Å². The van der Waals surface area contributed by atoms with Gasteiger partial charge in [0.05, 0.1) is 17.6 Å². The molecule has 3 rings (SSSR count). The summed E-state index contributed by atoms with van der Waals surface area (Å²) in [4.78, 5) is 10.1. The topological polar surface area (TPSA) is 201 Å². The molecular formula is C18H25NO12. The van der Waals surface area contributed by atoms with Crippen LogP contribution < -0.4 is 4.74 Å². The maximum absolute atomic E-state index is 10.7. The fourth-order valence-electron chi connectivity index (χ4n) is 3.38. The standard InChI is InChI=1S/C18H25NO12/c1-7-11(21)12(22)14(24)17(28-7)31-16-10(6-20)30-18(15(25)13(16)23)29-9-4-2-8(3-5-9)19(26)27/h2-5,7,10-18,20-25H,6H2,1H3/t7-,10+,11+,12+,13+,14-,15+,16+,17-,18+/m0/s1. The van der Waals surface area contributed by atoms with Crippen LogP contribution in [0.1, 0.15) is 6.92 Å². The van der Waals surface area contributed by atoms with Gasteiger partial charge < -0.3 is 49.6 Å². The number of rotatable bonds is 6. The highest BCUT2D eigenvalue weighted by Crippen LogP contribution is 2.30. The Morgan fingerprint density at radius 2 is 1.55 bits per heavy atom. The molecule has 13 nitrogen and oxygen atoms in total. The number of hydrogen-bond acceptors (Lipinski definition) is 12. The average molecular weight is 447 g/mol. The molecule has 0 bridgehead atoms. The van der Waals surface area contributed by atoms with Gasteiger partial charge in [-0.05, 0) is 19.1 Å². The minimum absolute atomic E-state index is 0.106. The Morgan fingerprint density at radius 3 is 2.13 bits per heavy atom. The van der Waals surface area contributed by atoms with Gasteiger partial charge in [-0.25, -0.2) is 0 Å². The molecule has 6 N–H and O–H groups in total. The predicted molar refractivity (Wildman–Crippen MR) is 98.7 cm³/mol. The molecule has 10 atom stereocenters. The van der Waals surface area contributed by atoms with Crippen molar-refractivity contribution < 1.29 is 54.5 Å². The Kier molecular flexibility index (Phi) is 7.41. The summed E-state index contributed by atoms with van der Waals surface area (Å²) < 4.78 is 21.7. The Hall–Kier alpha value is -1.94. The molecule has 0 saturated carbocycles. The third kappa shape index (κ3) is 4.95. The Bertz CT molecular complexity index is 746. The SMILES string of the molecule is C[C@@H]1O[C@@H](O[C@H]2[C@H](O)[C@@H](O)[C@H](Oc3ccc([N+](=O)[O-])cc3)O[C@@H]2CO)[C@@H](O)[C@H](O)[C@@H]1O. The molecule has 174 valence electrons. The van der Waals surface area contributed by atoms with Gasteiger partial charge in [-0.1, -0.05) is 0 Å². The van der Waals surface area contributed by atoms with Crippen LogP contribution in [0, 0.1) is 10.1 Å². The van der Waals surface area contributed by atoms with Crippen molar-refractivity contribution >= 4 is 5.69 Å². The van der Waals surface area contributed by atoms with E-state index >= 15 is 0 Å². The maximum Gasteiger partial charge on any atom is 0.269 e. The molecular weight excluding hydrogens is 422 g/mol. The molecule has 2 heterocycles. The van der Waals surface area contributed by atoms with Gasteiger partial charge in [-0.2, -0.15) is 0 Å². The number of ether oxygens (including phenoxy) is 4. The number of nitrogens with zero attached hydrogens (tertiary/aromatic N) is 1. The Labute approximate surface area is 176 Å². The molecule has 2 aliphatic rings. The third-order valence-electron chi connectivity index (χ3n) is 5.22. The van der Waals surface area contributed by atoms with E-state index in [-0.39, 0.29) is 11.4 Å². The summed E-state index contributed by atoms with van der Waals surface area (Å²) in [7, 11) is 0. The highest BCUT2D eigenvalue weighted by atomic mass is 16.7. The first-order chi connectivity index (χ1) is 14.6. The van der Waals surface area contributed by atoms with Crippen molar-refractivity contribution in [3.05, 3.63) is 34.4 Å². The van der Waals surface area contributed by atoms with E-state index in [4.69, 9.17) is 18.9 Å². The van der Waals surface area contributed by atoms with E-state index in [0.29, 0.717) is 0 Å². The van der Waals surface area contributed by atoms with E-state index < -0.39 is 72.9 Å². The molecule has 13 heteroatoms. The minimum atomic E-state index is -1.67. The first kappa shape index (κ1) is 23.7. The second kappa shape index (κ2) is 9.68. The normalized spacial score (nSPS) is 41.0. The minimum Gasteiger partial charge on any atom is -0.462 e. The molecule has 0 spiro atoms. The van der Waals surface area contributed by atoms with E-state index in [1.807, 2.05) is 0 Å². The van der Waals surface area contributed by atoms with Gasteiger partial charge in [0.2, 0.25) is 6.29 Å². The highest BCUT2D eigenvalue weighted by Gasteiger charge is 2.50. The lowest BCUT2D eigenvalue weighted by molar-refractivity contribution is -0.384. The highest BCUT2D eigenvalue weighted by molar-refractivity contribution is 5.36. The van der Waals surface area contributed by atoms with Gasteiger partial charge in [0, 0.05) is 12.1 Å². The molecule has 1 aromatic rings. The Balaban J connectivity index is 1.69. The summed E-state index contributed by atoms with van der Waals surface area (Å²) in [5.41, 5.74) is -0.174. The maximum atomic E-state index is 10.7. The molecule has 2 aliphatic heterocycles. The molecule has 0 aromatic heterocycles. The van der Waals surface area contributed by atoms with Crippen LogP contribution in [0.2, 0.25) is 0 Å². The van der Waals surface area contributed by atoms with Gasteiger partial charge in [0.25, 0.3) is 5.69 Å². The molecule has 0 amide bonds. The van der Waals surface area contributed by atoms with E-state index in [2.05, 4.69) is 0 Å². The fourth-order valence-corrected chi connectivity index (χ4v) is 3.38. The molecule has 0 radical (unpaired) electrons. The number of benzene rings is 1.